The highest BCUT2D eigenvalue weighted by Crippen LogP contribution is 2.20. The molecule has 120 valence electrons. The van der Waals surface area contributed by atoms with E-state index < -0.39 is 5.97 Å². The van der Waals surface area contributed by atoms with E-state index in [4.69, 9.17) is 5.11 Å². The van der Waals surface area contributed by atoms with E-state index in [0.29, 0.717) is 42.6 Å². The number of carbonyl (C=O) groups is 1. The van der Waals surface area contributed by atoms with Crippen molar-refractivity contribution in [2.75, 3.05) is 0 Å². The van der Waals surface area contributed by atoms with Crippen LogP contribution in [-0.2, 0) is 37.0 Å². The van der Waals surface area contributed by atoms with Crippen LogP contribution < -0.4 is 5.56 Å². The number of aryl methyl sites for hydroxylation is 2. The lowest BCUT2D eigenvalue weighted by atomic mass is 10.1. The van der Waals surface area contributed by atoms with Crippen molar-refractivity contribution in [2.24, 2.45) is 0 Å². The Labute approximate surface area is 132 Å². The van der Waals surface area contributed by atoms with Gasteiger partial charge in [-0.2, -0.15) is 4.98 Å². The second-order valence-corrected chi connectivity index (χ2v) is 5.68. The third-order valence-corrected chi connectivity index (χ3v) is 4.18. The zero-order valence-electron chi connectivity index (χ0n) is 12.6. The van der Waals surface area contributed by atoms with Gasteiger partial charge in [0.15, 0.2) is 0 Å². The monoisotopic (exact) mass is 316 g/mol. The molecule has 1 aromatic heterocycles. The molecule has 1 N–H and O–H groups in total. The van der Waals surface area contributed by atoms with Crippen molar-refractivity contribution in [3.8, 4) is 0 Å². The molecule has 0 saturated carbocycles. The van der Waals surface area contributed by atoms with Crippen molar-refractivity contribution < 1.29 is 14.3 Å². The Hall–Kier alpha value is -2.50. The SMILES string of the molecule is O=C(O)Cn1c(CCc2ccccc2F)nc(=O)c2c1CCC2. The predicted molar refractivity (Wildman–Crippen MR) is 82.0 cm³/mol. The molecule has 1 aromatic carbocycles. The molecule has 3 rings (SSSR count). The Morgan fingerprint density at radius 3 is 2.78 bits per heavy atom. The number of aliphatic carboxylic acids is 1. The van der Waals surface area contributed by atoms with Gasteiger partial charge in [0.05, 0.1) is 0 Å². The molecule has 1 aliphatic carbocycles. The first kappa shape index (κ1) is 15.4. The zero-order valence-corrected chi connectivity index (χ0v) is 12.6. The highest BCUT2D eigenvalue weighted by molar-refractivity contribution is 5.66. The Balaban J connectivity index is 1.95. The van der Waals surface area contributed by atoms with Crippen LogP contribution in [0.5, 0.6) is 0 Å². The van der Waals surface area contributed by atoms with Crippen LogP contribution in [0.15, 0.2) is 29.1 Å². The summed E-state index contributed by atoms with van der Waals surface area (Å²) >= 11 is 0. The Morgan fingerprint density at radius 1 is 1.26 bits per heavy atom. The number of carboxylic acids is 1. The molecule has 0 saturated heterocycles. The molecule has 0 unspecified atom stereocenters. The maximum Gasteiger partial charge on any atom is 0.323 e. The number of hydrogen-bond acceptors (Lipinski definition) is 3. The van der Waals surface area contributed by atoms with Gasteiger partial charge in [-0.1, -0.05) is 18.2 Å². The fraction of sp³-hybridized carbons (Fsp3) is 0.353. The topological polar surface area (TPSA) is 72.2 Å². The normalized spacial score (nSPS) is 13.1. The second kappa shape index (κ2) is 6.32. The molecule has 0 fully saturated rings. The highest BCUT2D eigenvalue weighted by Gasteiger charge is 2.22. The maximum atomic E-state index is 13.7. The van der Waals surface area contributed by atoms with Gasteiger partial charge < -0.3 is 9.67 Å². The standard InChI is InChI=1S/C17H17FN2O3/c18-13-6-2-1-4-11(13)8-9-15-19-17(23)12-5-3-7-14(12)20(15)10-16(21)22/h1-2,4,6H,3,5,7-10H2,(H,21,22). The number of hydrogen-bond donors (Lipinski definition) is 1. The van der Waals surface area contributed by atoms with E-state index in [2.05, 4.69) is 4.98 Å². The Morgan fingerprint density at radius 2 is 2.04 bits per heavy atom. The summed E-state index contributed by atoms with van der Waals surface area (Å²) in [4.78, 5) is 27.3. The lowest BCUT2D eigenvalue weighted by Crippen LogP contribution is -2.26. The van der Waals surface area contributed by atoms with Gasteiger partial charge in [-0.05, 0) is 37.3 Å². The van der Waals surface area contributed by atoms with Crippen molar-refractivity contribution in [3.05, 3.63) is 63.1 Å². The largest absolute Gasteiger partial charge is 0.480 e. The molecular weight excluding hydrogens is 299 g/mol. The highest BCUT2D eigenvalue weighted by atomic mass is 19.1. The van der Waals surface area contributed by atoms with Crippen molar-refractivity contribution in [2.45, 2.75) is 38.6 Å². The number of halogens is 1. The first-order chi connectivity index (χ1) is 11.1. The number of benzene rings is 1. The van der Waals surface area contributed by atoms with Gasteiger partial charge in [-0.25, -0.2) is 4.39 Å². The van der Waals surface area contributed by atoms with Crippen LogP contribution in [0.25, 0.3) is 0 Å². The molecule has 0 spiro atoms. The molecule has 1 aliphatic rings. The summed E-state index contributed by atoms with van der Waals surface area (Å²) in [6.07, 6.45) is 2.87. The lowest BCUT2D eigenvalue weighted by Gasteiger charge is -2.15. The summed E-state index contributed by atoms with van der Waals surface area (Å²) in [5.74, 6) is -0.862. The van der Waals surface area contributed by atoms with Crippen molar-refractivity contribution in [1.82, 2.24) is 9.55 Å². The van der Waals surface area contributed by atoms with Crippen LogP contribution >= 0.6 is 0 Å². The van der Waals surface area contributed by atoms with E-state index in [-0.39, 0.29) is 17.9 Å². The molecular formula is C17H17FN2O3. The van der Waals surface area contributed by atoms with Gasteiger partial charge in [0.25, 0.3) is 5.56 Å². The predicted octanol–water partition coefficient (Wildman–Crippen LogP) is 1.74. The average Bonchev–Trinajstić information content (AvgIpc) is 2.99. The van der Waals surface area contributed by atoms with E-state index >= 15 is 0 Å². The number of carboxylic acid groups (broad SMARTS) is 1. The summed E-state index contributed by atoms with van der Waals surface area (Å²) in [5.41, 5.74) is 1.66. The molecule has 0 bridgehead atoms. The number of nitrogens with zero attached hydrogens (tertiary/aromatic N) is 2. The lowest BCUT2D eigenvalue weighted by molar-refractivity contribution is -0.137. The number of rotatable bonds is 5. The molecule has 1 heterocycles. The number of fused-ring (bicyclic) bond motifs is 1. The second-order valence-electron chi connectivity index (χ2n) is 5.68. The van der Waals surface area contributed by atoms with E-state index in [9.17, 15) is 14.0 Å². The van der Waals surface area contributed by atoms with Crippen LogP contribution in [0, 0.1) is 5.82 Å². The van der Waals surface area contributed by atoms with Gasteiger partial charge >= 0.3 is 5.97 Å². The summed E-state index contributed by atoms with van der Waals surface area (Å²) < 4.78 is 15.3. The summed E-state index contributed by atoms with van der Waals surface area (Å²) in [5, 5.41) is 9.13. The molecule has 23 heavy (non-hydrogen) atoms. The van der Waals surface area contributed by atoms with Gasteiger partial charge in [-0.3, -0.25) is 9.59 Å². The molecule has 2 aromatic rings. The smallest absolute Gasteiger partial charge is 0.323 e. The fourth-order valence-corrected chi connectivity index (χ4v) is 3.12. The van der Waals surface area contributed by atoms with E-state index in [1.165, 1.54) is 6.07 Å². The quantitative estimate of drug-likeness (QED) is 0.912. The Kier molecular flexibility index (Phi) is 4.23. The van der Waals surface area contributed by atoms with Crippen molar-refractivity contribution in [1.29, 1.82) is 0 Å². The van der Waals surface area contributed by atoms with Crippen LogP contribution in [0.1, 0.15) is 29.1 Å². The minimum Gasteiger partial charge on any atom is -0.480 e. The molecule has 0 radical (unpaired) electrons. The summed E-state index contributed by atoms with van der Waals surface area (Å²) in [6.45, 7) is -0.220. The van der Waals surface area contributed by atoms with Gasteiger partial charge in [0.1, 0.15) is 18.2 Å². The van der Waals surface area contributed by atoms with Crippen LogP contribution in [0.4, 0.5) is 4.39 Å². The van der Waals surface area contributed by atoms with Crippen molar-refractivity contribution >= 4 is 5.97 Å². The average molecular weight is 316 g/mol. The minimum atomic E-state index is -0.975. The van der Waals surface area contributed by atoms with Crippen LogP contribution in [0.2, 0.25) is 0 Å². The van der Waals surface area contributed by atoms with E-state index in [1.54, 1.807) is 22.8 Å². The summed E-state index contributed by atoms with van der Waals surface area (Å²) in [6, 6.07) is 6.43. The van der Waals surface area contributed by atoms with Gasteiger partial charge in [-0.15, -0.1) is 0 Å². The van der Waals surface area contributed by atoms with Crippen LogP contribution in [-0.4, -0.2) is 20.6 Å². The van der Waals surface area contributed by atoms with Crippen molar-refractivity contribution in [3.63, 3.8) is 0 Å². The summed E-state index contributed by atoms with van der Waals surface area (Å²) in [7, 11) is 0. The maximum absolute atomic E-state index is 13.7. The first-order valence-corrected chi connectivity index (χ1v) is 7.63. The molecule has 6 heteroatoms. The third-order valence-electron chi connectivity index (χ3n) is 4.18. The van der Waals surface area contributed by atoms with E-state index in [1.807, 2.05) is 0 Å². The molecule has 0 amide bonds. The third kappa shape index (κ3) is 3.16. The Bertz CT molecular complexity index is 814. The van der Waals surface area contributed by atoms with Gasteiger partial charge in [0, 0.05) is 17.7 Å². The molecule has 0 atom stereocenters. The molecule has 5 nitrogen and oxygen atoms in total. The van der Waals surface area contributed by atoms with E-state index in [0.717, 1.165) is 12.1 Å². The van der Waals surface area contributed by atoms with Crippen LogP contribution in [0.3, 0.4) is 0 Å². The molecule has 0 aliphatic heterocycles. The fourth-order valence-electron chi connectivity index (χ4n) is 3.12. The minimum absolute atomic E-state index is 0.220. The first-order valence-electron chi connectivity index (χ1n) is 7.63. The van der Waals surface area contributed by atoms with Gasteiger partial charge in [0.2, 0.25) is 0 Å². The zero-order chi connectivity index (χ0) is 16.4. The number of aromatic nitrogens is 2.